The number of fused-ring (bicyclic) bond motifs is 7. The molecule has 0 spiro atoms. The van der Waals surface area contributed by atoms with Crippen molar-refractivity contribution in [3.63, 3.8) is 0 Å². The van der Waals surface area contributed by atoms with Crippen molar-refractivity contribution < 1.29 is 8.83 Å². The van der Waals surface area contributed by atoms with E-state index >= 15 is 0 Å². The molecule has 0 bridgehead atoms. The third kappa shape index (κ3) is 6.14. The lowest BCUT2D eigenvalue weighted by atomic mass is 9.98. The Balaban J connectivity index is 0.920. The van der Waals surface area contributed by atoms with Crippen LogP contribution in [0.25, 0.3) is 99.2 Å². The molecule has 0 saturated heterocycles. The third-order valence-electron chi connectivity index (χ3n) is 12.1. The van der Waals surface area contributed by atoms with E-state index in [1.54, 1.807) is 0 Å². The van der Waals surface area contributed by atoms with E-state index in [-0.39, 0.29) is 0 Å². The van der Waals surface area contributed by atoms with Gasteiger partial charge in [-0.15, -0.1) is 0 Å². The Bertz CT molecular complexity index is 3580. The Morgan fingerprint density at radius 2 is 0.770 bits per heavy atom. The van der Waals surface area contributed by atoms with Gasteiger partial charge in [0.2, 0.25) is 0 Å². The molecule has 0 unspecified atom stereocenters. The van der Waals surface area contributed by atoms with E-state index in [0.29, 0.717) is 0 Å². The maximum atomic E-state index is 6.43. The van der Waals surface area contributed by atoms with Gasteiger partial charge in [-0.05, 0) is 116 Å². The molecule has 12 rings (SSSR count). The lowest BCUT2D eigenvalue weighted by molar-refractivity contribution is 0.669. The second kappa shape index (κ2) is 14.3. The first-order chi connectivity index (χ1) is 30.2. The number of anilines is 3. The highest BCUT2D eigenvalue weighted by molar-refractivity contribution is 6.10. The van der Waals surface area contributed by atoms with Gasteiger partial charge >= 0.3 is 0 Å². The number of hydrogen-bond acceptors (Lipinski definition) is 3. The third-order valence-corrected chi connectivity index (χ3v) is 12.1. The Labute approximate surface area is 353 Å². The highest BCUT2D eigenvalue weighted by atomic mass is 16.3. The van der Waals surface area contributed by atoms with E-state index < -0.39 is 0 Å². The van der Waals surface area contributed by atoms with Crippen LogP contribution in [0.3, 0.4) is 0 Å². The molecule has 286 valence electrons. The average molecular weight is 780 g/mol. The second-order valence-corrected chi connectivity index (χ2v) is 15.7. The summed E-state index contributed by atoms with van der Waals surface area (Å²) in [5, 5.41) is 7.00. The van der Waals surface area contributed by atoms with Crippen molar-refractivity contribution in [3.05, 3.63) is 224 Å². The number of benzene rings is 10. The number of para-hydroxylation sites is 3. The normalized spacial score (nSPS) is 11.6. The summed E-state index contributed by atoms with van der Waals surface area (Å²) >= 11 is 0. The van der Waals surface area contributed by atoms with E-state index in [4.69, 9.17) is 8.83 Å². The molecular weight excluding hydrogens is 743 g/mol. The summed E-state index contributed by atoms with van der Waals surface area (Å²) in [5.41, 5.74) is 16.0. The minimum atomic E-state index is 0.893. The van der Waals surface area contributed by atoms with Crippen molar-refractivity contribution >= 4 is 71.7 Å². The van der Waals surface area contributed by atoms with Crippen LogP contribution < -0.4 is 4.90 Å². The van der Waals surface area contributed by atoms with Gasteiger partial charge in [0, 0.05) is 44.2 Å². The van der Waals surface area contributed by atoms with Crippen molar-refractivity contribution in [1.29, 1.82) is 0 Å². The van der Waals surface area contributed by atoms with Gasteiger partial charge in [0.1, 0.15) is 22.3 Å². The zero-order valence-corrected chi connectivity index (χ0v) is 33.1. The van der Waals surface area contributed by atoms with Crippen molar-refractivity contribution in [1.82, 2.24) is 0 Å². The first-order valence-electron chi connectivity index (χ1n) is 20.7. The van der Waals surface area contributed by atoms with Crippen molar-refractivity contribution in [3.8, 4) is 44.5 Å². The maximum Gasteiger partial charge on any atom is 0.143 e. The Hall–Kier alpha value is -8.14. The molecule has 3 nitrogen and oxygen atoms in total. The summed E-state index contributed by atoms with van der Waals surface area (Å²) < 4.78 is 12.6. The number of rotatable bonds is 7. The van der Waals surface area contributed by atoms with Crippen LogP contribution >= 0.6 is 0 Å². The summed E-state index contributed by atoms with van der Waals surface area (Å²) in [4.78, 5) is 2.34. The fourth-order valence-corrected chi connectivity index (χ4v) is 8.97. The van der Waals surface area contributed by atoms with Crippen LogP contribution in [-0.4, -0.2) is 0 Å². The van der Waals surface area contributed by atoms with Crippen molar-refractivity contribution in [2.75, 3.05) is 4.90 Å². The van der Waals surface area contributed by atoms with Gasteiger partial charge in [-0.1, -0.05) is 158 Å². The maximum absolute atomic E-state index is 6.43. The van der Waals surface area contributed by atoms with Crippen LogP contribution in [0.2, 0.25) is 0 Å². The SMILES string of the molecule is c1cc(-c2ccc3oc4ccccc4c3c2)cc(N(c2ccc(-c3ccc(-c4ccc5ccccc5c4)cc3)cc2)c2ccc(-c3cccc4c3oc3ccccc34)cc2)c1. The van der Waals surface area contributed by atoms with Crippen molar-refractivity contribution in [2.24, 2.45) is 0 Å². The van der Waals surface area contributed by atoms with Crippen LogP contribution in [0.5, 0.6) is 0 Å². The van der Waals surface area contributed by atoms with Crippen LogP contribution in [-0.2, 0) is 0 Å². The number of hydrogen-bond donors (Lipinski definition) is 0. The molecule has 0 radical (unpaired) electrons. The minimum absolute atomic E-state index is 0.893. The number of furan rings is 2. The molecule has 2 aromatic heterocycles. The molecule has 0 aliphatic carbocycles. The topological polar surface area (TPSA) is 29.5 Å². The molecule has 3 heteroatoms. The Morgan fingerprint density at radius 3 is 1.52 bits per heavy atom. The van der Waals surface area contributed by atoms with Gasteiger partial charge in [-0.25, -0.2) is 0 Å². The first-order valence-corrected chi connectivity index (χ1v) is 20.7. The molecule has 0 amide bonds. The summed E-state index contributed by atoms with van der Waals surface area (Å²) in [6.07, 6.45) is 0. The highest BCUT2D eigenvalue weighted by Gasteiger charge is 2.17. The quantitative estimate of drug-likeness (QED) is 0.161. The van der Waals surface area contributed by atoms with Gasteiger partial charge in [0.15, 0.2) is 0 Å². The lowest BCUT2D eigenvalue weighted by Gasteiger charge is -2.26. The van der Waals surface area contributed by atoms with Crippen LogP contribution in [0.15, 0.2) is 233 Å². The standard InChI is InChI=1S/C58H37NO2/c1-2-10-43-35-45(24-23-38(43)9-1)41-21-19-39(20-22-41)40-25-30-47(31-26-40)59(48-32-27-42(28-33-48)50-15-8-16-53-51-13-3-6-18-56(51)61-58(50)53)49-12-7-11-44(36-49)46-29-34-57-54(37-46)52-14-4-5-17-55(52)60-57/h1-37H. The fraction of sp³-hybridized carbons (Fsp3) is 0. The monoisotopic (exact) mass is 779 g/mol. The van der Waals surface area contributed by atoms with Gasteiger partial charge in [-0.3, -0.25) is 0 Å². The lowest BCUT2D eigenvalue weighted by Crippen LogP contribution is -2.10. The van der Waals surface area contributed by atoms with E-state index in [2.05, 4.69) is 205 Å². The summed E-state index contributed by atoms with van der Waals surface area (Å²) in [6, 6.07) is 80.1. The molecule has 12 aromatic rings. The van der Waals surface area contributed by atoms with Crippen LogP contribution in [0.1, 0.15) is 0 Å². The van der Waals surface area contributed by atoms with Gasteiger partial charge in [0.25, 0.3) is 0 Å². The molecular formula is C58H37NO2. The second-order valence-electron chi connectivity index (χ2n) is 15.7. The van der Waals surface area contributed by atoms with Gasteiger partial charge in [0.05, 0.1) is 0 Å². The predicted molar refractivity (Wildman–Crippen MR) is 255 cm³/mol. The van der Waals surface area contributed by atoms with E-state index in [0.717, 1.165) is 88.8 Å². The molecule has 0 aliphatic heterocycles. The average Bonchev–Trinajstić information content (AvgIpc) is 3.91. The van der Waals surface area contributed by atoms with Crippen molar-refractivity contribution in [2.45, 2.75) is 0 Å². The molecule has 0 fully saturated rings. The Morgan fingerprint density at radius 1 is 0.262 bits per heavy atom. The van der Waals surface area contributed by atoms with Crippen LogP contribution in [0, 0.1) is 0 Å². The van der Waals surface area contributed by atoms with E-state index in [1.165, 1.54) is 27.5 Å². The molecule has 10 aromatic carbocycles. The summed E-state index contributed by atoms with van der Waals surface area (Å²) in [6.45, 7) is 0. The smallest absolute Gasteiger partial charge is 0.143 e. The summed E-state index contributed by atoms with van der Waals surface area (Å²) in [5.74, 6) is 0. The molecule has 0 N–H and O–H groups in total. The zero-order chi connectivity index (χ0) is 40.3. The first kappa shape index (κ1) is 34.9. The van der Waals surface area contributed by atoms with Gasteiger partial charge < -0.3 is 13.7 Å². The van der Waals surface area contributed by atoms with Crippen LogP contribution in [0.4, 0.5) is 17.1 Å². The molecule has 0 aliphatic rings. The van der Waals surface area contributed by atoms with Gasteiger partial charge in [-0.2, -0.15) is 0 Å². The Kier molecular flexibility index (Phi) is 8.17. The minimum Gasteiger partial charge on any atom is -0.456 e. The number of nitrogens with zero attached hydrogens (tertiary/aromatic N) is 1. The van der Waals surface area contributed by atoms with E-state index in [9.17, 15) is 0 Å². The van der Waals surface area contributed by atoms with E-state index in [1.807, 2.05) is 24.3 Å². The highest BCUT2D eigenvalue weighted by Crippen LogP contribution is 2.41. The predicted octanol–water partition coefficient (Wildman–Crippen LogP) is 16.8. The largest absolute Gasteiger partial charge is 0.456 e. The molecule has 0 saturated carbocycles. The fourth-order valence-electron chi connectivity index (χ4n) is 8.97. The molecule has 61 heavy (non-hydrogen) atoms. The molecule has 0 atom stereocenters. The summed E-state index contributed by atoms with van der Waals surface area (Å²) in [7, 11) is 0. The zero-order valence-electron chi connectivity index (χ0n) is 33.1. The molecule has 2 heterocycles.